The minimum atomic E-state index is -1.11. The molecule has 2 aromatic rings. The molecule has 5 heteroatoms. The van der Waals surface area contributed by atoms with Gasteiger partial charge in [-0.15, -0.1) is 0 Å². The van der Waals surface area contributed by atoms with Crippen LogP contribution in [0, 0.1) is 5.92 Å². The smallest absolute Gasteiger partial charge is 0.254 e. The maximum Gasteiger partial charge on any atom is 0.254 e. The third-order valence-electron chi connectivity index (χ3n) is 4.47. The molecule has 1 saturated heterocycles. The van der Waals surface area contributed by atoms with Crippen LogP contribution in [0.1, 0.15) is 28.8 Å². The van der Waals surface area contributed by atoms with Crippen molar-refractivity contribution >= 4 is 5.91 Å². The molecule has 0 unspecified atom stereocenters. The van der Waals surface area contributed by atoms with Crippen LogP contribution in [0.25, 0.3) is 0 Å². The van der Waals surface area contributed by atoms with Crippen molar-refractivity contribution in [3.63, 3.8) is 0 Å². The molecule has 1 aliphatic rings. The Bertz CT molecular complexity index is 620. The first-order chi connectivity index (χ1) is 11.2. The van der Waals surface area contributed by atoms with Gasteiger partial charge < -0.3 is 19.6 Å². The van der Waals surface area contributed by atoms with Gasteiger partial charge in [-0.3, -0.25) is 4.79 Å². The van der Waals surface area contributed by atoms with Gasteiger partial charge >= 0.3 is 0 Å². The molecule has 1 fully saturated rings. The summed E-state index contributed by atoms with van der Waals surface area (Å²) in [5, 5.41) is 14.2. The summed E-state index contributed by atoms with van der Waals surface area (Å²) in [6.45, 7) is 1.43. The summed E-state index contributed by atoms with van der Waals surface area (Å²) in [6.07, 6.45) is 4.39. The Morgan fingerprint density at radius 1 is 1.22 bits per heavy atom. The van der Waals surface area contributed by atoms with Crippen LogP contribution in [0.2, 0.25) is 0 Å². The quantitative estimate of drug-likeness (QED) is 0.888. The van der Waals surface area contributed by atoms with Crippen LogP contribution in [0.4, 0.5) is 0 Å². The van der Waals surface area contributed by atoms with Gasteiger partial charge in [-0.1, -0.05) is 30.3 Å². The van der Waals surface area contributed by atoms with Gasteiger partial charge in [0, 0.05) is 13.2 Å². The first kappa shape index (κ1) is 15.8. The third-order valence-corrected chi connectivity index (χ3v) is 4.47. The van der Waals surface area contributed by atoms with E-state index in [-0.39, 0.29) is 18.4 Å². The van der Waals surface area contributed by atoms with E-state index in [0.29, 0.717) is 18.8 Å². The molecule has 1 aliphatic heterocycles. The van der Waals surface area contributed by atoms with Gasteiger partial charge in [0.25, 0.3) is 5.91 Å². The van der Waals surface area contributed by atoms with Gasteiger partial charge in [-0.25, -0.2) is 0 Å². The first-order valence-electron chi connectivity index (χ1n) is 7.86. The van der Waals surface area contributed by atoms with Gasteiger partial charge in [0.2, 0.25) is 0 Å². The van der Waals surface area contributed by atoms with Crippen LogP contribution >= 0.6 is 0 Å². The van der Waals surface area contributed by atoms with Crippen LogP contribution in [-0.2, 0) is 10.3 Å². The van der Waals surface area contributed by atoms with Gasteiger partial charge in [0.05, 0.1) is 18.4 Å². The van der Waals surface area contributed by atoms with E-state index in [0.717, 1.165) is 18.4 Å². The number of amides is 1. The average molecular weight is 315 g/mol. The number of carbonyl (C=O) groups excluding carboxylic acids is 1. The number of furan rings is 1. The molecule has 0 aliphatic carbocycles. The number of nitrogens with one attached hydrogen (secondary N) is 1. The summed E-state index contributed by atoms with van der Waals surface area (Å²) in [5.41, 5.74) is 0.163. The number of benzene rings is 1. The maximum atomic E-state index is 12.2. The molecule has 122 valence electrons. The second-order valence-electron chi connectivity index (χ2n) is 5.87. The molecule has 1 aromatic heterocycles. The summed E-state index contributed by atoms with van der Waals surface area (Å²) < 4.78 is 10.3. The number of ether oxygens (including phenoxy) is 1. The average Bonchev–Trinajstić information content (AvgIpc) is 3.16. The zero-order valence-electron chi connectivity index (χ0n) is 12.9. The Hall–Kier alpha value is -2.11. The SMILES string of the molecule is O=C(NC[C@](O)(c1ccccc1)C1CCOCC1)c1ccoc1. The predicted molar refractivity (Wildman–Crippen MR) is 84.9 cm³/mol. The molecule has 0 bridgehead atoms. The summed E-state index contributed by atoms with van der Waals surface area (Å²) in [4.78, 5) is 12.2. The van der Waals surface area contributed by atoms with E-state index in [9.17, 15) is 9.90 Å². The van der Waals surface area contributed by atoms with E-state index in [2.05, 4.69) is 5.32 Å². The fraction of sp³-hybridized carbons (Fsp3) is 0.389. The Kier molecular flexibility index (Phi) is 4.79. The molecular formula is C18H21NO4. The summed E-state index contributed by atoms with van der Waals surface area (Å²) in [5.74, 6) is -0.205. The monoisotopic (exact) mass is 315 g/mol. The molecule has 2 N–H and O–H groups in total. The fourth-order valence-electron chi connectivity index (χ4n) is 3.09. The molecule has 0 saturated carbocycles. The zero-order valence-corrected chi connectivity index (χ0v) is 12.9. The molecule has 3 rings (SSSR count). The van der Waals surface area contributed by atoms with Gasteiger partial charge in [-0.2, -0.15) is 0 Å². The van der Waals surface area contributed by atoms with Crippen molar-refractivity contribution < 1.29 is 19.1 Å². The normalized spacial score (nSPS) is 18.3. The van der Waals surface area contributed by atoms with Crippen molar-refractivity contribution in [3.05, 3.63) is 60.1 Å². The Morgan fingerprint density at radius 3 is 2.61 bits per heavy atom. The van der Waals surface area contributed by atoms with Crippen LogP contribution in [0.3, 0.4) is 0 Å². The summed E-state index contributed by atoms with van der Waals surface area (Å²) in [7, 11) is 0. The van der Waals surface area contributed by atoms with Crippen LogP contribution in [-0.4, -0.2) is 30.8 Å². The molecule has 23 heavy (non-hydrogen) atoms. The van der Waals surface area contributed by atoms with E-state index in [1.54, 1.807) is 6.07 Å². The highest BCUT2D eigenvalue weighted by Crippen LogP contribution is 2.35. The lowest BCUT2D eigenvalue weighted by molar-refractivity contribution is -0.0680. The van der Waals surface area contributed by atoms with Crippen LogP contribution in [0.15, 0.2) is 53.3 Å². The Balaban J connectivity index is 1.79. The topological polar surface area (TPSA) is 71.7 Å². The highest BCUT2D eigenvalue weighted by molar-refractivity contribution is 5.93. The number of hydrogen-bond acceptors (Lipinski definition) is 4. The molecular weight excluding hydrogens is 294 g/mol. The summed E-state index contributed by atoms with van der Waals surface area (Å²) >= 11 is 0. The molecule has 5 nitrogen and oxygen atoms in total. The second kappa shape index (κ2) is 6.98. The number of carbonyl (C=O) groups is 1. The lowest BCUT2D eigenvalue weighted by Gasteiger charge is -2.39. The number of rotatable bonds is 5. The van der Waals surface area contributed by atoms with E-state index in [4.69, 9.17) is 9.15 Å². The van der Waals surface area contributed by atoms with Crippen molar-refractivity contribution in [2.45, 2.75) is 18.4 Å². The Labute approximate surface area is 135 Å². The van der Waals surface area contributed by atoms with E-state index in [1.807, 2.05) is 30.3 Å². The van der Waals surface area contributed by atoms with Crippen LogP contribution < -0.4 is 5.32 Å². The third kappa shape index (κ3) is 3.46. The van der Waals surface area contributed by atoms with E-state index in [1.165, 1.54) is 12.5 Å². The largest absolute Gasteiger partial charge is 0.472 e. The standard InChI is InChI=1S/C18H21NO4/c20-17(14-6-9-23-12-14)19-13-18(21,15-4-2-1-3-5-15)16-7-10-22-11-8-16/h1-6,9,12,16,21H,7-8,10-11,13H2,(H,19,20)/t18-/m0/s1. The fourth-order valence-corrected chi connectivity index (χ4v) is 3.09. The molecule has 1 aromatic carbocycles. The van der Waals surface area contributed by atoms with Gasteiger partial charge in [-0.05, 0) is 30.4 Å². The molecule has 1 amide bonds. The Morgan fingerprint density at radius 2 is 1.96 bits per heavy atom. The highest BCUT2D eigenvalue weighted by atomic mass is 16.5. The predicted octanol–water partition coefficient (Wildman–Crippen LogP) is 2.32. The first-order valence-corrected chi connectivity index (χ1v) is 7.86. The van der Waals surface area contributed by atoms with Gasteiger partial charge in [0.1, 0.15) is 11.9 Å². The molecule has 1 atom stereocenters. The van der Waals surface area contributed by atoms with Crippen LogP contribution in [0.5, 0.6) is 0 Å². The second-order valence-corrected chi connectivity index (χ2v) is 5.87. The highest BCUT2D eigenvalue weighted by Gasteiger charge is 2.39. The number of hydrogen-bond donors (Lipinski definition) is 2. The molecule has 0 spiro atoms. The van der Waals surface area contributed by atoms with Crippen molar-refractivity contribution in [2.24, 2.45) is 5.92 Å². The minimum Gasteiger partial charge on any atom is -0.472 e. The van der Waals surface area contributed by atoms with Crippen molar-refractivity contribution in [2.75, 3.05) is 19.8 Å². The van der Waals surface area contributed by atoms with Crippen molar-refractivity contribution in [1.82, 2.24) is 5.32 Å². The molecule has 0 radical (unpaired) electrons. The lowest BCUT2D eigenvalue weighted by atomic mass is 9.77. The minimum absolute atomic E-state index is 0.0447. The maximum absolute atomic E-state index is 12.2. The van der Waals surface area contributed by atoms with Crippen molar-refractivity contribution in [1.29, 1.82) is 0 Å². The molecule has 2 heterocycles. The van der Waals surface area contributed by atoms with E-state index >= 15 is 0 Å². The van der Waals surface area contributed by atoms with E-state index < -0.39 is 5.60 Å². The van der Waals surface area contributed by atoms with Gasteiger partial charge in [0.15, 0.2) is 0 Å². The zero-order chi connectivity index (χ0) is 16.1. The lowest BCUT2D eigenvalue weighted by Crippen LogP contribution is -2.47. The number of aliphatic hydroxyl groups is 1. The summed E-state index contributed by atoms with van der Waals surface area (Å²) in [6, 6.07) is 11.1. The van der Waals surface area contributed by atoms with Crippen molar-refractivity contribution in [3.8, 4) is 0 Å².